The molecule has 1 fully saturated rings. The Morgan fingerprint density at radius 1 is 1.16 bits per heavy atom. The predicted octanol–water partition coefficient (Wildman–Crippen LogP) is 5.61. The number of benzene rings is 3. The molecule has 3 aromatic carbocycles. The SMILES string of the molecule is COc1cc([C@H]2C(=C(O)c3ccc4c(c3)C[C@@H](C)O4)C(=O)C(=O)N2c2nc3ccc(Cl)cc3s2)ccc1O. The van der Waals surface area contributed by atoms with Crippen LogP contribution in [0.4, 0.5) is 5.13 Å². The van der Waals surface area contributed by atoms with Crippen LogP contribution >= 0.6 is 22.9 Å². The van der Waals surface area contributed by atoms with E-state index < -0.39 is 17.7 Å². The van der Waals surface area contributed by atoms with Crippen LogP contribution in [0.1, 0.15) is 29.7 Å². The van der Waals surface area contributed by atoms with Crippen molar-refractivity contribution >= 4 is 55.7 Å². The van der Waals surface area contributed by atoms with Crippen molar-refractivity contribution in [1.29, 1.82) is 0 Å². The number of amides is 1. The first-order chi connectivity index (χ1) is 18.2. The third kappa shape index (κ3) is 3.86. The Bertz CT molecular complexity index is 1680. The minimum atomic E-state index is -1.02. The van der Waals surface area contributed by atoms with E-state index in [1.807, 2.05) is 6.92 Å². The summed E-state index contributed by atoms with van der Waals surface area (Å²) in [4.78, 5) is 32.9. The molecule has 0 spiro atoms. The minimum absolute atomic E-state index is 0.00461. The number of nitrogens with zero attached hydrogens (tertiary/aromatic N) is 2. The number of phenols is 1. The summed E-state index contributed by atoms with van der Waals surface area (Å²) < 4.78 is 11.8. The maximum absolute atomic E-state index is 13.5. The van der Waals surface area contributed by atoms with E-state index in [0.717, 1.165) is 16.0 Å². The molecule has 8 nitrogen and oxygen atoms in total. The Labute approximate surface area is 226 Å². The quantitative estimate of drug-likeness (QED) is 0.194. The summed E-state index contributed by atoms with van der Waals surface area (Å²) in [7, 11) is 1.40. The number of ether oxygens (including phenoxy) is 2. The number of carbonyl (C=O) groups is 2. The number of carbonyl (C=O) groups excluding carboxylic acids is 2. The third-order valence-corrected chi connectivity index (χ3v) is 7.93. The number of phenolic OH excluding ortho intramolecular Hbond substituents is 1. The molecule has 0 radical (unpaired) electrons. The summed E-state index contributed by atoms with van der Waals surface area (Å²) in [6, 6.07) is 13.9. The number of aliphatic hydroxyl groups excluding tert-OH is 1. The van der Waals surface area contributed by atoms with Crippen LogP contribution in [-0.4, -0.2) is 40.1 Å². The fraction of sp³-hybridized carbons (Fsp3) is 0.179. The van der Waals surface area contributed by atoms with Crippen molar-refractivity contribution in [2.45, 2.75) is 25.5 Å². The van der Waals surface area contributed by atoms with Crippen LogP contribution in [0.15, 0.2) is 60.2 Å². The van der Waals surface area contributed by atoms with Gasteiger partial charge in [0.15, 0.2) is 16.6 Å². The number of halogens is 1. The van der Waals surface area contributed by atoms with Crippen LogP contribution in [0.25, 0.3) is 16.0 Å². The van der Waals surface area contributed by atoms with Crippen LogP contribution in [-0.2, 0) is 16.0 Å². The van der Waals surface area contributed by atoms with Crippen molar-refractivity contribution in [2.24, 2.45) is 0 Å². The van der Waals surface area contributed by atoms with Crippen LogP contribution in [0.2, 0.25) is 5.02 Å². The number of aromatic hydroxyl groups is 1. The number of rotatable bonds is 4. The number of aromatic nitrogens is 1. The summed E-state index contributed by atoms with van der Waals surface area (Å²) in [5, 5.41) is 22.5. The lowest BCUT2D eigenvalue weighted by atomic mass is 9.94. The molecule has 2 atom stereocenters. The summed E-state index contributed by atoms with van der Waals surface area (Å²) in [6.45, 7) is 1.95. The number of ketones is 1. The standard InChI is InChI=1S/C28H21ClN2O6S/c1-13-9-16-10-15(4-8-20(16)37-13)25(33)23-24(14-3-7-19(32)21(11-14)36-2)31(27(35)26(23)34)28-30-18-6-5-17(29)12-22(18)38-28/h3-8,10-13,24,32-33H,9H2,1-2H3/t13-,24+/m1/s1. The molecule has 2 aliphatic rings. The zero-order valence-electron chi connectivity index (χ0n) is 20.3. The van der Waals surface area contributed by atoms with Gasteiger partial charge in [-0.2, -0.15) is 0 Å². The van der Waals surface area contributed by atoms with Crippen molar-refractivity contribution < 1.29 is 29.3 Å². The molecular formula is C28H21ClN2O6S. The zero-order chi connectivity index (χ0) is 26.7. The van der Waals surface area contributed by atoms with Crippen molar-refractivity contribution in [3.05, 3.63) is 81.9 Å². The van der Waals surface area contributed by atoms with Crippen LogP contribution in [0, 0.1) is 0 Å². The molecule has 38 heavy (non-hydrogen) atoms. The highest BCUT2D eigenvalue weighted by molar-refractivity contribution is 7.22. The number of anilines is 1. The molecular weight excluding hydrogens is 528 g/mol. The number of fused-ring (bicyclic) bond motifs is 2. The lowest BCUT2D eigenvalue weighted by Crippen LogP contribution is -2.29. The zero-order valence-corrected chi connectivity index (χ0v) is 21.8. The number of methoxy groups -OCH3 is 1. The summed E-state index contributed by atoms with van der Waals surface area (Å²) in [5.74, 6) is -1.20. The van der Waals surface area contributed by atoms with Gasteiger partial charge >= 0.3 is 5.91 Å². The fourth-order valence-electron chi connectivity index (χ4n) is 4.92. The first-order valence-corrected chi connectivity index (χ1v) is 13.0. The molecule has 0 unspecified atom stereocenters. The molecule has 1 amide bonds. The van der Waals surface area contributed by atoms with Gasteiger partial charge in [0, 0.05) is 17.0 Å². The van der Waals surface area contributed by atoms with E-state index in [4.69, 9.17) is 21.1 Å². The van der Waals surface area contributed by atoms with Gasteiger partial charge in [-0.05, 0) is 66.6 Å². The molecule has 1 aromatic heterocycles. The molecule has 10 heteroatoms. The number of Topliss-reactive ketones (excluding diaryl/α,β-unsaturated/α-hetero) is 1. The Morgan fingerprint density at radius 2 is 1.97 bits per heavy atom. The molecule has 1 saturated heterocycles. The first kappa shape index (κ1) is 24.3. The molecule has 6 rings (SSSR count). The number of hydrogen-bond donors (Lipinski definition) is 2. The van der Waals surface area contributed by atoms with E-state index in [9.17, 15) is 19.8 Å². The van der Waals surface area contributed by atoms with E-state index in [1.165, 1.54) is 35.5 Å². The predicted molar refractivity (Wildman–Crippen MR) is 144 cm³/mol. The summed E-state index contributed by atoms with van der Waals surface area (Å²) >= 11 is 7.36. The molecule has 2 N–H and O–H groups in total. The van der Waals surface area contributed by atoms with Crippen LogP contribution in [0.3, 0.4) is 0 Å². The van der Waals surface area contributed by atoms with Crippen molar-refractivity contribution in [2.75, 3.05) is 12.0 Å². The number of hydrogen-bond acceptors (Lipinski definition) is 8. The van der Waals surface area contributed by atoms with Crippen molar-refractivity contribution in [3.8, 4) is 17.2 Å². The van der Waals surface area contributed by atoms with Gasteiger partial charge in [0.05, 0.1) is 28.9 Å². The van der Waals surface area contributed by atoms with Crippen molar-refractivity contribution in [1.82, 2.24) is 4.98 Å². The highest BCUT2D eigenvalue weighted by Crippen LogP contribution is 2.46. The van der Waals surface area contributed by atoms with Gasteiger partial charge in [-0.25, -0.2) is 4.98 Å². The van der Waals surface area contributed by atoms with E-state index >= 15 is 0 Å². The molecule has 2 aliphatic heterocycles. The van der Waals surface area contributed by atoms with Gasteiger partial charge in [-0.15, -0.1) is 0 Å². The topological polar surface area (TPSA) is 109 Å². The van der Waals surface area contributed by atoms with Crippen molar-refractivity contribution in [3.63, 3.8) is 0 Å². The normalized spacial score (nSPS) is 20.1. The molecule has 0 saturated carbocycles. The molecule has 4 aromatic rings. The second kappa shape index (κ2) is 9.04. The van der Waals surface area contributed by atoms with Gasteiger partial charge in [0.1, 0.15) is 17.6 Å². The van der Waals surface area contributed by atoms with E-state index in [-0.39, 0.29) is 34.1 Å². The van der Waals surface area contributed by atoms with E-state index in [0.29, 0.717) is 28.1 Å². The largest absolute Gasteiger partial charge is 0.507 e. The second-order valence-corrected chi connectivity index (χ2v) is 10.6. The maximum atomic E-state index is 13.5. The summed E-state index contributed by atoms with van der Waals surface area (Å²) in [5.41, 5.74) is 2.28. The van der Waals surface area contributed by atoms with Crippen LogP contribution in [0.5, 0.6) is 17.2 Å². The lowest BCUT2D eigenvalue weighted by molar-refractivity contribution is -0.132. The van der Waals surface area contributed by atoms with Gasteiger partial charge in [-0.1, -0.05) is 29.0 Å². The average molecular weight is 549 g/mol. The van der Waals surface area contributed by atoms with Gasteiger partial charge in [-0.3, -0.25) is 14.5 Å². The van der Waals surface area contributed by atoms with E-state index in [1.54, 1.807) is 42.5 Å². The Kier molecular flexibility index (Phi) is 5.77. The number of aliphatic hydroxyl groups is 1. The Hall–Kier alpha value is -4.08. The Morgan fingerprint density at radius 3 is 2.76 bits per heavy atom. The molecule has 192 valence electrons. The minimum Gasteiger partial charge on any atom is -0.507 e. The van der Waals surface area contributed by atoms with Gasteiger partial charge < -0.3 is 19.7 Å². The van der Waals surface area contributed by atoms with E-state index in [2.05, 4.69) is 4.98 Å². The first-order valence-electron chi connectivity index (χ1n) is 11.8. The highest BCUT2D eigenvalue weighted by Gasteiger charge is 2.48. The second-order valence-electron chi connectivity index (χ2n) is 9.16. The van der Waals surface area contributed by atoms with Crippen LogP contribution < -0.4 is 14.4 Å². The smallest absolute Gasteiger partial charge is 0.301 e. The lowest BCUT2D eigenvalue weighted by Gasteiger charge is -2.23. The molecule has 0 bridgehead atoms. The Balaban J connectivity index is 1.55. The highest BCUT2D eigenvalue weighted by atomic mass is 35.5. The summed E-state index contributed by atoms with van der Waals surface area (Å²) in [6.07, 6.45) is 0.669. The van der Waals surface area contributed by atoms with Gasteiger partial charge in [0.25, 0.3) is 5.78 Å². The number of thiazole rings is 1. The average Bonchev–Trinajstić information content (AvgIpc) is 3.56. The fourth-order valence-corrected chi connectivity index (χ4v) is 6.19. The van der Waals surface area contributed by atoms with Gasteiger partial charge in [0.2, 0.25) is 0 Å². The maximum Gasteiger partial charge on any atom is 0.301 e. The third-order valence-electron chi connectivity index (χ3n) is 6.68. The molecule has 0 aliphatic carbocycles. The monoisotopic (exact) mass is 548 g/mol. The molecule has 3 heterocycles.